The van der Waals surface area contributed by atoms with E-state index in [0.717, 1.165) is 55.3 Å². The van der Waals surface area contributed by atoms with Crippen LogP contribution in [0.2, 0.25) is 0 Å². The summed E-state index contributed by atoms with van der Waals surface area (Å²) >= 11 is 0. The van der Waals surface area contributed by atoms with Crippen molar-refractivity contribution < 1.29 is 5.11 Å². The minimum absolute atomic E-state index is 0.249. The van der Waals surface area contributed by atoms with Gasteiger partial charge >= 0.3 is 0 Å². The summed E-state index contributed by atoms with van der Waals surface area (Å²) in [6.45, 7) is 4.22. The number of aryl methyl sites for hydroxylation is 1. The molecule has 0 amide bonds. The fourth-order valence-electron chi connectivity index (χ4n) is 2.88. The monoisotopic (exact) mass is 298 g/mol. The molecule has 2 aromatic rings. The van der Waals surface area contributed by atoms with E-state index >= 15 is 0 Å². The number of pyridine rings is 1. The molecule has 1 saturated heterocycles. The fourth-order valence-corrected chi connectivity index (χ4v) is 2.88. The van der Waals surface area contributed by atoms with E-state index in [1.807, 2.05) is 12.1 Å². The van der Waals surface area contributed by atoms with E-state index in [-0.39, 0.29) is 6.61 Å². The molecule has 2 aromatic heterocycles. The van der Waals surface area contributed by atoms with Crippen LogP contribution < -0.4 is 4.90 Å². The predicted molar refractivity (Wildman–Crippen MR) is 86.7 cm³/mol. The van der Waals surface area contributed by atoms with E-state index in [1.54, 1.807) is 12.4 Å². The smallest absolute Gasteiger partial charge is 0.161 e. The van der Waals surface area contributed by atoms with Crippen LogP contribution in [0.5, 0.6) is 0 Å². The van der Waals surface area contributed by atoms with Crippen LogP contribution in [0.1, 0.15) is 25.5 Å². The Kier molecular flexibility index (Phi) is 4.63. The first kappa shape index (κ1) is 14.9. The zero-order valence-electron chi connectivity index (χ0n) is 12.9. The number of aromatic nitrogens is 3. The summed E-state index contributed by atoms with van der Waals surface area (Å²) in [6.07, 6.45) is 6.60. The molecule has 0 radical (unpaired) electrons. The molecule has 1 N–H and O–H groups in total. The molecule has 0 bridgehead atoms. The molecule has 0 aliphatic carbocycles. The first-order chi connectivity index (χ1) is 10.8. The molecular weight excluding hydrogens is 276 g/mol. The van der Waals surface area contributed by atoms with Gasteiger partial charge < -0.3 is 10.0 Å². The van der Waals surface area contributed by atoms with Crippen LogP contribution in [-0.4, -0.2) is 39.8 Å². The van der Waals surface area contributed by atoms with Gasteiger partial charge in [0.2, 0.25) is 0 Å². The Morgan fingerprint density at radius 2 is 2.09 bits per heavy atom. The van der Waals surface area contributed by atoms with Crippen molar-refractivity contribution >= 4 is 5.82 Å². The molecule has 116 valence electrons. The van der Waals surface area contributed by atoms with Crippen LogP contribution in [-0.2, 0) is 6.42 Å². The highest BCUT2D eigenvalue weighted by Crippen LogP contribution is 2.24. The van der Waals surface area contributed by atoms with Gasteiger partial charge in [-0.15, -0.1) is 0 Å². The van der Waals surface area contributed by atoms with Crippen molar-refractivity contribution in [2.24, 2.45) is 5.92 Å². The van der Waals surface area contributed by atoms with E-state index in [1.165, 1.54) is 0 Å². The molecule has 0 spiro atoms. The second-order valence-corrected chi connectivity index (χ2v) is 5.77. The molecule has 0 aromatic carbocycles. The molecule has 1 atom stereocenters. The van der Waals surface area contributed by atoms with Gasteiger partial charge in [-0.05, 0) is 37.3 Å². The first-order valence-corrected chi connectivity index (χ1v) is 7.94. The van der Waals surface area contributed by atoms with E-state index in [0.29, 0.717) is 5.92 Å². The lowest BCUT2D eigenvalue weighted by molar-refractivity contribution is 0.208. The van der Waals surface area contributed by atoms with Crippen molar-refractivity contribution in [2.45, 2.75) is 26.2 Å². The standard InChI is InChI=1S/C17H22N4O/c1-2-15-10-16(21-9-3-4-13(11-21)12-22)20-17(19-15)14-5-7-18-8-6-14/h5-8,10,13,22H,2-4,9,11-12H2,1H3/t13-/m0/s1. The molecule has 0 unspecified atom stereocenters. The summed E-state index contributed by atoms with van der Waals surface area (Å²) < 4.78 is 0. The molecule has 0 saturated carbocycles. The Morgan fingerprint density at radius 1 is 1.27 bits per heavy atom. The van der Waals surface area contributed by atoms with Gasteiger partial charge in [-0.3, -0.25) is 4.98 Å². The Bertz CT molecular complexity index is 617. The largest absolute Gasteiger partial charge is 0.396 e. The molecule has 1 aliphatic rings. The number of aliphatic hydroxyl groups is 1. The maximum absolute atomic E-state index is 9.42. The van der Waals surface area contributed by atoms with Crippen molar-refractivity contribution in [3.05, 3.63) is 36.3 Å². The lowest BCUT2D eigenvalue weighted by atomic mass is 9.99. The highest BCUT2D eigenvalue weighted by atomic mass is 16.3. The third-order valence-electron chi connectivity index (χ3n) is 4.17. The van der Waals surface area contributed by atoms with Gasteiger partial charge in [0.25, 0.3) is 0 Å². The SMILES string of the molecule is CCc1cc(N2CCC[C@H](CO)C2)nc(-c2ccncc2)n1. The van der Waals surface area contributed by atoms with E-state index in [4.69, 9.17) is 4.98 Å². The summed E-state index contributed by atoms with van der Waals surface area (Å²) in [5.74, 6) is 2.07. The van der Waals surface area contributed by atoms with Crippen molar-refractivity contribution in [3.63, 3.8) is 0 Å². The molecule has 5 nitrogen and oxygen atoms in total. The zero-order valence-corrected chi connectivity index (χ0v) is 12.9. The second-order valence-electron chi connectivity index (χ2n) is 5.77. The number of anilines is 1. The number of hydrogen-bond donors (Lipinski definition) is 1. The van der Waals surface area contributed by atoms with Gasteiger partial charge in [0.15, 0.2) is 5.82 Å². The van der Waals surface area contributed by atoms with Crippen molar-refractivity contribution in [1.82, 2.24) is 15.0 Å². The minimum atomic E-state index is 0.249. The highest BCUT2D eigenvalue weighted by Gasteiger charge is 2.21. The second kappa shape index (κ2) is 6.83. The van der Waals surface area contributed by atoms with Crippen LogP contribution in [0.15, 0.2) is 30.6 Å². The van der Waals surface area contributed by atoms with Gasteiger partial charge in [0.05, 0.1) is 0 Å². The third-order valence-corrected chi connectivity index (χ3v) is 4.17. The fraction of sp³-hybridized carbons (Fsp3) is 0.471. The van der Waals surface area contributed by atoms with Crippen molar-refractivity contribution in [2.75, 3.05) is 24.6 Å². The van der Waals surface area contributed by atoms with Gasteiger partial charge in [-0.25, -0.2) is 9.97 Å². The molecule has 22 heavy (non-hydrogen) atoms. The number of aliphatic hydroxyl groups excluding tert-OH is 1. The van der Waals surface area contributed by atoms with Gasteiger partial charge in [0.1, 0.15) is 5.82 Å². The van der Waals surface area contributed by atoms with Crippen LogP contribution >= 0.6 is 0 Å². The topological polar surface area (TPSA) is 62.1 Å². The Hall–Kier alpha value is -2.01. The molecule has 3 heterocycles. The van der Waals surface area contributed by atoms with Gasteiger partial charge in [-0.1, -0.05) is 6.92 Å². The van der Waals surface area contributed by atoms with Crippen LogP contribution in [0.25, 0.3) is 11.4 Å². The average molecular weight is 298 g/mol. The lowest BCUT2D eigenvalue weighted by Gasteiger charge is -2.33. The lowest BCUT2D eigenvalue weighted by Crippen LogP contribution is -2.37. The van der Waals surface area contributed by atoms with Crippen molar-refractivity contribution in [3.8, 4) is 11.4 Å². The maximum Gasteiger partial charge on any atom is 0.161 e. The summed E-state index contributed by atoms with van der Waals surface area (Å²) in [6, 6.07) is 5.95. The predicted octanol–water partition coefficient (Wildman–Crippen LogP) is 2.31. The van der Waals surface area contributed by atoms with Gasteiger partial charge in [0, 0.05) is 49.4 Å². The Labute approximate surface area is 131 Å². The normalized spacial score (nSPS) is 18.5. The summed E-state index contributed by atoms with van der Waals surface area (Å²) in [5.41, 5.74) is 2.03. The number of nitrogens with zero attached hydrogens (tertiary/aromatic N) is 4. The minimum Gasteiger partial charge on any atom is -0.396 e. The number of rotatable bonds is 4. The molecule has 5 heteroatoms. The summed E-state index contributed by atoms with van der Waals surface area (Å²) in [7, 11) is 0. The number of piperidine rings is 1. The Morgan fingerprint density at radius 3 is 2.82 bits per heavy atom. The third kappa shape index (κ3) is 3.25. The molecule has 3 rings (SSSR count). The molecular formula is C17H22N4O. The van der Waals surface area contributed by atoms with E-state index in [9.17, 15) is 5.11 Å². The van der Waals surface area contributed by atoms with Gasteiger partial charge in [-0.2, -0.15) is 0 Å². The quantitative estimate of drug-likeness (QED) is 0.938. The van der Waals surface area contributed by atoms with Crippen LogP contribution in [0, 0.1) is 5.92 Å². The average Bonchev–Trinajstić information content (AvgIpc) is 2.62. The van der Waals surface area contributed by atoms with Crippen LogP contribution in [0.3, 0.4) is 0 Å². The van der Waals surface area contributed by atoms with Crippen molar-refractivity contribution in [1.29, 1.82) is 0 Å². The summed E-state index contributed by atoms with van der Waals surface area (Å²) in [4.78, 5) is 15.7. The molecule has 1 fully saturated rings. The highest BCUT2D eigenvalue weighted by molar-refractivity contribution is 5.57. The van der Waals surface area contributed by atoms with E-state index in [2.05, 4.69) is 27.9 Å². The van der Waals surface area contributed by atoms with Crippen LogP contribution in [0.4, 0.5) is 5.82 Å². The van der Waals surface area contributed by atoms with E-state index < -0.39 is 0 Å². The summed E-state index contributed by atoms with van der Waals surface area (Å²) in [5, 5.41) is 9.42. The molecule has 1 aliphatic heterocycles. The number of hydrogen-bond acceptors (Lipinski definition) is 5. The first-order valence-electron chi connectivity index (χ1n) is 7.94. The maximum atomic E-state index is 9.42. The zero-order chi connectivity index (χ0) is 15.4. The Balaban J connectivity index is 1.94.